The average molecular weight is 245 g/mol. The van der Waals surface area contributed by atoms with Crippen LogP contribution in [-0.2, 0) is 22.6 Å². The van der Waals surface area contributed by atoms with Gasteiger partial charge in [0.05, 0.1) is 22.9 Å². The third kappa shape index (κ3) is 3.61. The second kappa shape index (κ2) is 4.97. The molecule has 92 valence electrons. The Hall–Kier alpha value is -0.880. The van der Waals surface area contributed by atoms with E-state index in [1.807, 2.05) is 13.8 Å². The van der Waals surface area contributed by atoms with Crippen molar-refractivity contribution >= 4 is 9.84 Å². The topological polar surface area (TPSA) is 78.0 Å². The highest BCUT2D eigenvalue weighted by Gasteiger charge is 2.17. The van der Waals surface area contributed by atoms with Gasteiger partial charge >= 0.3 is 0 Å². The number of sulfone groups is 1. The molecule has 1 rings (SSSR count). The molecule has 0 amide bonds. The van der Waals surface area contributed by atoms with Crippen molar-refractivity contribution in [2.24, 2.45) is 18.7 Å². The average Bonchev–Trinajstić information content (AvgIpc) is 2.43. The van der Waals surface area contributed by atoms with Gasteiger partial charge in [-0.2, -0.15) is 5.10 Å². The first-order valence-electron chi connectivity index (χ1n) is 5.24. The van der Waals surface area contributed by atoms with Crippen LogP contribution in [0.4, 0.5) is 0 Å². The molecular formula is C10H19N3O2S. The molecular weight excluding hydrogens is 226 g/mol. The van der Waals surface area contributed by atoms with Gasteiger partial charge < -0.3 is 5.73 Å². The Morgan fingerprint density at radius 2 is 2.19 bits per heavy atom. The van der Waals surface area contributed by atoms with E-state index < -0.39 is 9.84 Å². The minimum atomic E-state index is -3.10. The maximum Gasteiger partial charge on any atom is 0.156 e. The molecule has 6 heteroatoms. The van der Waals surface area contributed by atoms with E-state index >= 15 is 0 Å². The molecule has 2 N–H and O–H groups in total. The lowest BCUT2D eigenvalue weighted by atomic mass is 10.2. The van der Waals surface area contributed by atoms with Crippen molar-refractivity contribution in [3.05, 3.63) is 17.5 Å². The summed E-state index contributed by atoms with van der Waals surface area (Å²) in [4.78, 5) is 0. The molecule has 16 heavy (non-hydrogen) atoms. The lowest BCUT2D eigenvalue weighted by molar-refractivity contribution is 0.570. The van der Waals surface area contributed by atoms with E-state index in [2.05, 4.69) is 5.10 Å². The summed E-state index contributed by atoms with van der Waals surface area (Å²) in [5.41, 5.74) is 6.98. The maximum absolute atomic E-state index is 11.8. The highest BCUT2D eigenvalue weighted by atomic mass is 32.2. The van der Waals surface area contributed by atoms with Gasteiger partial charge in [0, 0.05) is 7.05 Å². The zero-order valence-electron chi connectivity index (χ0n) is 9.97. The molecule has 0 aliphatic carbocycles. The molecule has 0 bridgehead atoms. The SMILES string of the molecule is Cc1cc(CS(=O)(=O)CC(C)CN)n(C)n1. The van der Waals surface area contributed by atoms with Crippen LogP contribution in [0.3, 0.4) is 0 Å². The molecule has 1 atom stereocenters. The molecule has 1 unspecified atom stereocenters. The highest BCUT2D eigenvalue weighted by Crippen LogP contribution is 2.10. The molecule has 0 radical (unpaired) electrons. The van der Waals surface area contributed by atoms with Crippen molar-refractivity contribution in [3.63, 3.8) is 0 Å². The molecule has 5 nitrogen and oxygen atoms in total. The molecule has 0 aliphatic rings. The van der Waals surface area contributed by atoms with Crippen LogP contribution in [0.5, 0.6) is 0 Å². The van der Waals surface area contributed by atoms with Crippen molar-refractivity contribution in [2.75, 3.05) is 12.3 Å². The van der Waals surface area contributed by atoms with Crippen molar-refractivity contribution < 1.29 is 8.42 Å². The summed E-state index contributed by atoms with van der Waals surface area (Å²) in [6, 6.07) is 1.80. The molecule has 0 fully saturated rings. The van der Waals surface area contributed by atoms with Gasteiger partial charge in [-0.1, -0.05) is 6.92 Å². The van der Waals surface area contributed by atoms with Crippen LogP contribution in [0, 0.1) is 12.8 Å². The van der Waals surface area contributed by atoms with Gasteiger partial charge in [-0.3, -0.25) is 4.68 Å². The van der Waals surface area contributed by atoms with E-state index in [9.17, 15) is 8.42 Å². The van der Waals surface area contributed by atoms with Crippen LogP contribution in [0.15, 0.2) is 6.07 Å². The molecule has 0 aromatic carbocycles. The van der Waals surface area contributed by atoms with E-state index in [0.29, 0.717) is 6.54 Å². The second-order valence-electron chi connectivity index (χ2n) is 4.30. The van der Waals surface area contributed by atoms with Gasteiger partial charge in [0.2, 0.25) is 0 Å². The monoisotopic (exact) mass is 245 g/mol. The first-order chi connectivity index (χ1) is 7.34. The number of rotatable bonds is 5. The van der Waals surface area contributed by atoms with Gasteiger partial charge in [0.25, 0.3) is 0 Å². The summed E-state index contributed by atoms with van der Waals surface area (Å²) in [6.07, 6.45) is 0. The Morgan fingerprint density at radius 1 is 1.56 bits per heavy atom. The second-order valence-corrected chi connectivity index (χ2v) is 6.41. The molecule has 1 heterocycles. The molecule has 1 aromatic rings. The third-order valence-electron chi connectivity index (χ3n) is 2.41. The van der Waals surface area contributed by atoms with E-state index in [1.54, 1.807) is 17.8 Å². The zero-order valence-corrected chi connectivity index (χ0v) is 10.8. The zero-order chi connectivity index (χ0) is 12.3. The lowest BCUT2D eigenvalue weighted by Crippen LogP contribution is -2.22. The summed E-state index contributed by atoms with van der Waals surface area (Å²) in [5, 5.41) is 4.12. The number of hydrogen-bond acceptors (Lipinski definition) is 4. The fourth-order valence-corrected chi connectivity index (χ4v) is 3.43. The Kier molecular flexibility index (Phi) is 4.09. The van der Waals surface area contributed by atoms with Crippen LogP contribution < -0.4 is 5.73 Å². The van der Waals surface area contributed by atoms with Crippen LogP contribution in [-0.4, -0.2) is 30.5 Å². The minimum Gasteiger partial charge on any atom is -0.330 e. The maximum atomic E-state index is 11.8. The van der Waals surface area contributed by atoms with Gasteiger partial charge in [-0.25, -0.2) is 8.42 Å². The largest absolute Gasteiger partial charge is 0.330 e. The third-order valence-corrected chi connectivity index (χ3v) is 4.22. The summed E-state index contributed by atoms with van der Waals surface area (Å²) in [6.45, 7) is 4.08. The molecule has 0 spiro atoms. The first-order valence-corrected chi connectivity index (χ1v) is 7.06. The fourth-order valence-electron chi connectivity index (χ4n) is 1.59. The molecule has 0 aliphatic heterocycles. The smallest absolute Gasteiger partial charge is 0.156 e. The van der Waals surface area contributed by atoms with Crippen LogP contribution >= 0.6 is 0 Å². The molecule has 0 saturated carbocycles. The highest BCUT2D eigenvalue weighted by molar-refractivity contribution is 7.90. The number of aryl methyl sites for hydroxylation is 2. The summed E-state index contributed by atoms with van der Waals surface area (Å²) < 4.78 is 25.3. The quantitative estimate of drug-likeness (QED) is 0.806. The Morgan fingerprint density at radius 3 is 2.62 bits per heavy atom. The van der Waals surface area contributed by atoms with Crippen LogP contribution in [0.2, 0.25) is 0 Å². The Labute approximate surface area is 96.6 Å². The van der Waals surface area contributed by atoms with E-state index in [0.717, 1.165) is 11.4 Å². The van der Waals surface area contributed by atoms with Crippen molar-refractivity contribution in [2.45, 2.75) is 19.6 Å². The number of aromatic nitrogens is 2. The molecule has 1 aromatic heterocycles. The fraction of sp³-hybridized carbons (Fsp3) is 0.700. The number of nitrogens with zero attached hydrogens (tertiary/aromatic N) is 2. The molecule has 0 saturated heterocycles. The number of nitrogens with two attached hydrogens (primary N) is 1. The number of hydrogen-bond donors (Lipinski definition) is 1. The van der Waals surface area contributed by atoms with Crippen molar-refractivity contribution in [3.8, 4) is 0 Å². The van der Waals surface area contributed by atoms with Gasteiger partial charge in [-0.05, 0) is 25.5 Å². The minimum absolute atomic E-state index is 0.000625. The summed E-state index contributed by atoms with van der Waals surface area (Å²) in [7, 11) is -1.34. The predicted octanol–water partition coefficient (Wildman–Crippen LogP) is 0.238. The summed E-state index contributed by atoms with van der Waals surface area (Å²) >= 11 is 0. The van der Waals surface area contributed by atoms with Gasteiger partial charge in [0.1, 0.15) is 0 Å². The summed E-state index contributed by atoms with van der Waals surface area (Å²) in [5.74, 6) is 0.168. The van der Waals surface area contributed by atoms with E-state index in [-0.39, 0.29) is 17.4 Å². The van der Waals surface area contributed by atoms with Crippen molar-refractivity contribution in [1.29, 1.82) is 0 Å². The lowest BCUT2D eigenvalue weighted by Gasteiger charge is -2.09. The predicted molar refractivity (Wildman–Crippen MR) is 63.7 cm³/mol. The normalized spacial score (nSPS) is 14.0. The van der Waals surface area contributed by atoms with Crippen LogP contribution in [0.1, 0.15) is 18.3 Å². The Balaban J connectivity index is 2.77. The van der Waals surface area contributed by atoms with E-state index in [1.165, 1.54) is 0 Å². The standard InChI is InChI=1S/C10H19N3O2S/c1-8(5-11)6-16(14,15)7-10-4-9(2)12-13(10)3/h4,8H,5-7,11H2,1-3H3. The Bertz CT molecular complexity index is 451. The first kappa shape index (κ1) is 13.2. The van der Waals surface area contributed by atoms with E-state index in [4.69, 9.17) is 5.73 Å². The van der Waals surface area contributed by atoms with Crippen molar-refractivity contribution in [1.82, 2.24) is 9.78 Å². The van der Waals surface area contributed by atoms with Gasteiger partial charge in [0.15, 0.2) is 9.84 Å². The van der Waals surface area contributed by atoms with Crippen LogP contribution in [0.25, 0.3) is 0 Å². The van der Waals surface area contributed by atoms with Gasteiger partial charge in [-0.15, -0.1) is 0 Å².